The van der Waals surface area contributed by atoms with Gasteiger partial charge >= 0.3 is 5.97 Å². The summed E-state index contributed by atoms with van der Waals surface area (Å²) in [6.45, 7) is 4.25. The number of hydrogen-bond donors (Lipinski definition) is 2. The second-order valence-corrected chi connectivity index (χ2v) is 4.60. The van der Waals surface area contributed by atoms with Crippen molar-refractivity contribution in [2.75, 3.05) is 0 Å². The Balaban J connectivity index is 2.71. The number of carboxylic acids is 1. The van der Waals surface area contributed by atoms with Gasteiger partial charge in [-0.25, -0.2) is 0 Å². The summed E-state index contributed by atoms with van der Waals surface area (Å²) < 4.78 is 0. The molecule has 0 amide bonds. The summed E-state index contributed by atoms with van der Waals surface area (Å²) >= 11 is 0. The normalized spacial score (nSPS) is 14.1. The van der Waals surface area contributed by atoms with Gasteiger partial charge in [-0.05, 0) is 18.4 Å². The van der Waals surface area contributed by atoms with Gasteiger partial charge in [0.2, 0.25) is 0 Å². The first-order chi connectivity index (χ1) is 8.69. The number of carboxylic acid groups (broad SMARTS) is 1. The van der Waals surface area contributed by atoms with Crippen LogP contribution >= 0.6 is 0 Å². The Morgan fingerprint density at radius 3 is 2.44 bits per heavy atom. The summed E-state index contributed by atoms with van der Waals surface area (Å²) in [5.41, 5.74) is 0.819. The van der Waals surface area contributed by atoms with Gasteiger partial charge in [-0.3, -0.25) is 10.1 Å². The maximum Gasteiger partial charge on any atom is 0.325 e. The second kappa shape index (κ2) is 7.88. The fraction of sp³-hybridized carbons (Fsp3) is 0.533. The van der Waals surface area contributed by atoms with Crippen LogP contribution in [0.5, 0.6) is 0 Å². The Hall–Kier alpha value is -1.35. The van der Waals surface area contributed by atoms with Gasteiger partial charge in [-0.2, -0.15) is 0 Å². The quantitative estimate of drug-likeness (QED) is 0.742. The van der Waals surface area contributed by atoms with E-state index in [4.69, 9.17) is 0 Å². The number of carbonyl (C=O) groups is 1. The molecular formula is C15H23NO2. The standard InChI is InChI=1S/C15H23NO2/c1-3-5-11-13(4-2)16-14(15(17)18)12-9-7-6-8-10-12/h6-10,13-14,16H,3-5,11H2,1-2H3,(H,17,18). The van der Waals surface area contributed by atoms with Crippen LogP contribution in [0.3, 0.4) is 0 Å². The van der Waals surface area contributed by atoms with E-state index in [1.165, 1.54) is 0 Å². The van der Waals surface area contributed by atoms with Crippen LogP contribution in [-0.4, -0.2) is 17.1 Å². The van der Waals surface area contributed by atoms with Gasteiger partial charge in [-0.1, -0.05) is 57.0 Å². The number of unbranched alkanes of at least 4 members (excludes halogenated alkanes) is 1. The van der Waals surface area contributed by atoms with Gasteiger partial charge in [0.15, 0.2) is 0 Å². The first-order valence-corrected chi connectivity index (χ1v) is 6.72. The van der Waals surface area contributed by atoms with Gasteiger partial charge in [-0.15, -0.1) is 0 Å². The van der Waals surface area contributed by atoms with E-state index in [9.17, 15) is 9.90 Å². The fourth-order valence-electron chi connectivity index (χ4n) is 2.05. The molecule has 3 nitrogen and oxygen atoms in total. The smallest absolute Gasteiger partial charge is 0.325 e. The van der Waals surface area contributed by atoms with Crippen molar-refractivity contribution in [1.82, 2.24) is 5.32 Å². The average Bonchev–Trinajstić information content (AvgIpc) is 2.39. The van der Waals surface area contributed by atoms with Crippen molar-refractivity contribution >= 4 is 5.97 Å². The molecule has 0 aliphatic rings. The molecule has 0 spiro atoms. The molecule has 100 valence electrons. The molecule has 2 unspecified atom stereocenters. The lowest BCUT2D eigenvalue weighted by atomic mass is 10.0. The largest absolute Gasteiger partial charge is 0.480 e. The summed E-state index contributed by atoms with van der Waals surface area (Å²) in [7, 11) is 0. The highest BCUT2D eigenvalue weighted by atomic mass is 16.4. The molecular weight excluding hydrogens is 226 g/mol. The summed E-state index contributed by atoms with van der Waals surface area (Å²) in [6.07, 6.45) is 4.26. The summed E-state index contributed by atoms with van der Waals surface area (Å²) in [4.78, 5) is 11.4. The summed E-state index contributed by atoms with van der Waals surface area (Å²) in [5.74, 6) is -0.809. The van der Waals surface area contributed by atoms with Crippen LogP contribution < -0.4 is 5.32 Å². The molecule has 0 aliphatic heterocycles. The molecule has 18 heavy (non-hydrogen) atoms. The number of rotatable bonds is 8. The summed E-state index contributed by atoms with van der Waals surface area (Å²) in [5, 5.41) is 12.6. The third-order valence-electron chi connectivity index (χ3n) is 3.18. The first-order valence-electron chi connectivity index (χ1n) is 6.72. The molecule has 0 heterocycles. The van der Waals surface area contributed by atoms with E-state index in [0.717, 1.165) is 31.2 Å². The molecule has 1 aromatic rings. The lowest BCUT2D eigenvalue weighted by Gasteiger charge is -2.22. The molecule has 0 aromatic heterocycles. The van der Waals surface area contributed by atoms with Crippen molar-refractivity contribution in [2.45, 2.75) is 51.6 Å². The van der Waals surface area contributed by atoms with Gasteiger partial charge < -0.3 is 5.11 Å². The van der Waals surface area contributed by atoms with Gasteiger partial charge in [0, 0.05) is 6.04 Å². The van der Waals surface area contributed by atoms with Crippen LogP contribution in [0.1, 0.15) is 51.1 Å². The maximum atomic E-state index is 11.4. The minimum atomic E-state index is -0.809. The molecule has 2 atom stereocenters. The van der Waals surface area contributed by atoms with Gasteiger partial charge in [0.25, 0.3) is 0 Å². The van der Waals surface area contributed by atoms with Crippen LogP contribution in [0.15, 0.2) is 30.3 Å². The molecule has 0 saturated heterocycles. The zero-order valence-corrected chi connectivity index (χ0v) is 11.2. The van der Waals surface area contributed by atoms with Crippen LogP contribution in [0.4, 0.5) is 0 Å². The van der Waals surface area contributed by atoms with Crippen molar-refractivity contribution in [1.29, 1.82) is 0 Å². The van der Waals surface area contributed by atoms with E-state index in [2.05, 4.69) is 19.2 Å². The van der Waals surface area contributed by atoms with Crippen LogP contribution in [0.25, 0.3) is 0 Å². The van der Waals surface area contributed by atoms with Gasteiger partial charge in [0.05, 0.1) is 0 Å². The third-order valence-corrected chi connectivity index (χ3v) is 3.18. The van der Waals surface area contributed by atoms with Crippen molar-refractivity contribution in [3.63, 3.8) is 0 Å². The van der Waals surface area contributed by atoms with Crippen LogP contribution in [-0.2, 0) is 4.79 Å². The molecule has 2 N–H and O–H groups in total. The minimum Gasteiger partial charge on any atom is -0.480 e. The Labute approximate surface area is 109 Å². The Morgan fingerprint density at radius 2 is 1.94 bits per heavy atom. The zero-order valence-electron chi connectivity index (χ0n) is 11.2. The van der Waals surface area contributed by atoms with E-state index in [-0.39, 0.29) is 6.04 Å². The molecule has 1 rings (SSSR count). The number of hydrogen-bond acceptors (Lipinski definition) is 2. The van der Waals surface area contributed by atoms with Gasteiger partial charge in [0.1, 0.15) is 6.04 Å². The minimum absolute atomic E-state index is 0.270. The topological polar surface area (TPSA) is 49.3 Å². The van der Waals surface area contributed by atoms with Crippen molar-refractivity contribution in [3.8, 4) is 0 Å². The Kier molecular flexibility index (Phi) is 6.44. The molecule has 0 saturated carbocycles. The first kappa shape index (κ1) is 14.7. The Bertz CT molecular complexity index is 351. The maximum absolute atomic E-state index is 11.4. The predicted molar refractivity (Wildman–Crippen MR) is 73.6 cm³/mol. The highest BCUT2D eigenvalue weighted by Crippen LogP contribution is 2.16. The molecule has 1 aromatic carbocycles. The van der Waals surface area contributed by atoms with E-state index >= 15 is 0 Å². The van der Waals surface area contributed by atoms with Crippen molar-refractivity contribution in [3.05, 3.63) is 35.9 Å². The predicted octanol–water partition coefficient (Wildman–Crippen LogP) is 3.37. The van der Waals surface area contributed by atoms with Crippen LogP contribution in [0, 0.1) is 0 Å². The van der Waals surface area contributed by atoms with Crippen molar-refractivity contribution in [2.24, 2.45) is 0 Å². The molecule has 0 aliphatic carbocycles. The van der Waals surface area contributed by atoms with E-state index < -0.39 is 12.0 Å². The van der Waals surface area contributed by atoms with Crippen molar-refractivity contribution < 1.29 is 9.90 Å². The number of nitrogens with one attached hydrogen (secondary N) is 1. The highest BCUT2D eigenvalue weighted by Gasteiger charge is 2.21. The molecule has 0 fully saturated rings. The SMILES string of the molecule is CCCCC(CC)NC(C(=O)O)c1ccccc1. The Morgan fingerprint density at radius 1 is 1.28 bits per heavy atom. The monoisotopic (exact) mass is 249 g/mol. The fourth-order valence-corrected chi connectivity index (χ4v) is 2.05. The lowest BCUT2D eigenvalue weighted by molar-refractivity contribution is -0.139. The number of aliphatic carboxylic acids is 1. The lowest BCUT2D eigenvalue weighted by Crippen LogP contribution is -2.36. The number of benzene rings is 1. The second-order valence-electron chi connectivity index (χ2n) is 4.60. The summed E-state index contributed by atoms with van der Waals surface area (Å²) in [6, 6.07) is 9.03. The van der Waals surface area contributed by atoms with E-state index in [1.807, 2.05) is 30.3 Å². The van der Waals surface area contributed by atoms with E-state index in [1.54, 1.807) is 0 Å². The zero-order chi connectivity index (χ0) is 13.4. The molecule has 0 bridgehead atoms. The third kappa shape index (κ3) is 4.49. The molecule has 3 heteroatoms. The van der Waals surface area contributed by atoms with E-state index in [0.29, 0.717) is 0 Å². The highest BCUT2D eigenvalue weighted by molar-refractivity contribution is 5.75. The molecule has 0 radical (unpaired) electrons. The van der Waals surface area contributed by atoms with Crippen LogP contribution in [0.2, 0.25) is 0 Å². The average molecular weight is 249 g/mol.